The second-order valence-electron chi connectivity index (χ2n) is 12.9. The molecule has 204 valence electrons. The van der Waals surface area contributed by atoms with Gasteiger partial charge in [-0.15, -0.1) is 0 Å². The van der Waals surface area contributed by atoms with Crippen molar-refractivity contribution in [3.8, 4) is 11.5 Å². The molecule has 0 spiro atoms. The number of hydrogen-bond acceptors (Lipinski definition) is 4. The van der Waals surface area contributed by atoms with Gasteiger partial charge in [-0.2, -0.15) is 0 Å². The number of carbonyl (C=O) groups excluding carboxylic acids is 2. The van der Waals surface area contributed by atoms with Crippen molar-refractivity contribution in [2.75, 3.05) is 13.1 Å². The van der Waals surface area contributed by atoms with Crippen molar-refractivity contribution in [2.45, 2.75) is 106 Å². The van der Waals surface area contributed by atoms with Crippen LogP contribution in [0, 0.1) is 16.2 Å². The smallest absolute Gasteiger partial charge is 0.255 e. The Labute approximate surface area is 220 Å². The number of phenols is 2. The zero-order chi connectivity index (χ0) is 27.9. The number of amides is 2. The van der Waals surface area contributed by atoms with Crippen LogP contribution in [-0.2, 0) is 0 Å². The molecule has 1 rings (SSSR count). The van der Waals surface area contributed by atoms with Crippen molar-refractivity contribution in [1.82, 2.24) is 10.6 Å². The van der Waals surface area contributed by atoms with E-state index in [2.05, 4.69) is 80.8 Å². The molecule has 0 bridgehead atoms. The van der Waals surface area contributed by atoms with E-state index in [0.29, 0.717) is 13.1 Å². The maximum absolute atomic E-state index is 12.9. The largest absolute Gasteiger partial charge is 0.504 e. The number of nitrogens with one attached hydrogen (secondary N) is 2. The van der Waals surface area contributed by atoms with Gasteiger partial charge in [0, 0.05) is 13.1 Å². The highest BCUT2D eigenvalue weighted by Gasteiger charge is 2.32. The quantitative estimate of drug-likeness (QED) is 0.190. The molecule has 0 aliphatic rings. The number of carbonyl (C=O) groups is 2. The first-order valence-electron chi connectivity index (χ1n) is 13.6. The number of rotatable bonds is 14. The van der Waals surface area contributed by atoms with Gasteiger partial charge in [-0.1, -0.05) is 86.9 Å². The molecule has 0 radical (unpaired) electrons. The summed E-state index contributed by atoms with van der Waals surface area (Å²) in [4.78, 5) is 25.7. The summed E-state index contributed by atoms with van der Waals surface area (Å²) in [5.74, 6) is -2.09. The van der Waals surface area contributed by atoms with Crippen LogP contribution in [0.25, 0.3) is 0 Å². The fraction of sp³-hybridized carbons (Fsp3) is 0.724. The third-order valence-corrected chi connectivity index (χ3v) is 8.37. The standard InChI is InChI=1S/C29H51BN2O4/c1-10-27(7,11-2)16-26(5,6)18-31-24(35)20-14-15-21(23(34)22(20)33)25(36)32-19-28(8,12-3)17-29(9,30)13-4/h14-15,33-34H,10-13,16-19,30H2,1-9H3,(H,31,35)(H,32,36). The van der Waals surface area contributed by atoms with Crippen LogP contribution in [0.3, 0.4) is 0 Å². The van der Waals surface area contributed by atoms with Gasteiger partial charge in [0.25, 0.3) is 11.8 Å². The zero-order valence-corrected chi connectivity index (χ0v) is 24.5. The average Bonchev–Trinajstić information content (AvgIpc) is 2.82. The van der Waals surface area contributed by atoms with Crippen LogP contribution >= 0.6 is 0 Å². The van der Waals surface area contributed by atoms with Gasteiger partial charge < -0.3 is 20.8 Å². The van der Waals surface area contributed by atoms with Crippen molar-refractivity contribution >= 4 is 19.7 Å². The molecule has 0 saturated heterocycles. The monoisotopic (exact) mass is 502 g/mol. The van der Waals surface area contributed by atoms with E-state index in [1.807, 2.05) is 0 Å². The minimum Gasteiger partial charge on any atom is -0.504 e. The lowest BCUT2D eigenvalue weighted by Crippen LogP contribution is -2.38. The molecule has 0 fully saturated rings. The van der Waals surface area contributed by atoms with Gasteiger partial charge in [-0.25, -0.2) is 0 Å². The van der Waals surface area contributed by atoms with E-state index in [0.717, 1.165) is 38.5 Å². The number of aromatic hydroxyl groups is 2. The topological polar surface area (TPSA) is 98.7 Å². The Kier molecular flexibility index (Phi) is 11.0. The Balaban J connectivity index is 2.93. The fourth-order valence-electron chi connectivity index (χ4n) is 5.06. The molecular weight excluding hydrogens is 451 g/mol. The fourth-order valence-corrected chi connectivity index (χ4v) is 5.06. The molecular formula is C29H51BN2O4. The molecule has 2 unspecified atom stereocenters. The number of hydrogen-bond donors (Lipinski definition) is 4. The molecule has 7 heteroatoms. The Hall–Kier alpha value is -2.18. The first-order valence-corrected chi connectivity index (χ1v) is 13.6. The summed E-state index contributed by atoms with van der Waals surface area (Å²) in [6.45, 7) is 20.4. The molecule has 2 atom stereocenters. The third kappa shape index (κ3) is 8.74. The van der Waals surface area contributed by atoms with Crippen LogP contribution in [0.4, 0.5) is 0 Å². The van der Waals surface area contributed by atoms with Gasteiger partial charge in [-0.3, -0.25) is 9.59 Å². The van der Waals surface area contributed by atoms with E-state index < -0.39 is 23.3 Å². The Bertz CT molecular complexity index is 909. The van der Waals surface area contributed by atoms with Crippen LogP contribution in [0.5, 0.6) is 11.5 Å². The third-order valence-electron chi connectivity index (χ3n) is 8.37. The molecule has 4 N–H and O–H groups in total. The van der Waals surface area contributed by atoms with E-state index in [9.17, 15) is 19.8 Å². The van der Waals surface area contributed by atoms with Gasteiger partial charge in [0.05, 0.1) is 11.1 Å². The summed E-state index contributed by atoms with van der Waals surface area (Å²) < 4.78 is 0. The lowest BCUT2D eigenvalue weighted by molar-refractivity contribution is 0.0901. The van der Waals surface area contributed by atoms with E-state index >= 15 is 0 Å². The van der Waals surface area contributed by atoms with Gasteiger partial charge >= 0.3 is 0 Å². The van der Waals surface area contributed by atoms with Crippen molar-refractivity contribution < 1.29 is 19.8 Å². The van der Waals surface area contributed by atoms with Crippen LogP contribution in [0.2, 0.25) is 5.31 Å². The average molecular weight is 503 g/mol. The van der Waals surface area contributed by atoms with Crippen molar-refractivity contribution in [1.29, 1.82) is 0 Å². The number of benzene rings is 1. The predicted octanol–water partition coefficient (Wildman–Crippen LogP) is 5.83. The molecule has 0 heterocycles. The van der Waals surface area contributed by atoms with Gasteiger partial charge in [0.15, 0.2) is 11.5 Å². The first kappa shape index (κ1) is 31.9. The van der Waals surface area contributed by atoms with E-state index in [-0.39, 0.29) is 32.7 Å². The van der Waals surface area contributed by atoms with E-state index in [1.165, 1.54) is 12.1 Å². The predicted molar refractivity (Wildman–Crippen MR) is 152 cm³/mol. The Morgan fingerprint density at radius 3 is 1.53 bits per heavy atom. The van der Waals surface area contributed by atoms with Crippen LogP contribution in [0.15, 0.2) is 12.1 Å². The summed E-state index contributed by atoms with van der Waals surface area (Å²) in [6.07, 6.45) is 5.98. The lowest BCUT2D eigenvalue weighted by Gasteiger charge is -2.37. The van der Waals surface area contributed by atoms with Gasteiger partial charge in [-0.05, 0) is 47.6 Å². The second-order valence-corrected chi connectivity index (χ2v) is 12.9. The summed E-state index contributed by atoms with van der Waals surface area (Å²) in [5.41, 5.74) is -0.114. The Morgan fingerprint density at radius 2 is 1.14 bits per heavy atom. The molecule has 2 amide bonds. The molecule has 0 aliphatic heterocycles. The van der Waals surface area contributed by atoms with Crippen molar-refractivity contribution in [2.24, 2.45) is 16.2 Å². The number of phenolic OH excluding ortho intramolecular Hbond substituents is 2. The van der Waals surface area contributed by atoms with E-state index in [4.69, 9.17) is 0 Å². The summed E-state index contributed by atoms with van der Waals surface area (Å²) >= 11 is 0. The van der Waals surface area contributed by atoms with Crippen molar-refractivity contribution in [3.63, 3.8) is 0 Å². The van der Waals surface area contributed by atoms with Gasteiger partial charge in [0.2, 0.25) is 0 Å². The maximum atomic E-state index is 12.9. The molecule has 0 saturated carbocycles. The SMILES string of the molecule is BC(C)(CC)CC(C)(CC)CNC(=O)c1ccc(C(=O)NCC(C)(C)CC(C)(CC)CC)c(O)c1O. The Morgan fingerprint density at radius 1 is 0.722 bits per heavy atom. The molecule has 36 heavy (non-hydrogen) atoms. The highest BCUT2D eigenvalue weighted by Crippen LogP contribution is 2.42. The molecule has 0 aliphatic carbocycles. The second kappa shape index (κ2) is 12.4. The normalized spacial score (nSPS) is 15.6. The van der Waals surface area contributed by atoms with Crippen LogP contribution in [-0.4, -0.2) is 43.0 Å². The van der Waals surface area contributed by atoms with Gasteiger partial charge in [0.1, 0.15) is 7.85 Å². The van der Waals surface area contributed by atoms with Crippen LogP contribution in [0.1, 0.15) is 122 Å². The zero-order valence-electron chi connectivity index (χ0n) is 24.5. The minimum absolute atomic E-state index is 0.0424. The molecule has 6 nitrogen and oxygen atoms in total. The summed E-state index contributed by atoms with van der Waals surface area (Å²) in [7, 11) is 2.23. The first-order chi connectivity index (χ1) is 16.5. The lowest BCUT2D eigenvalue weighted by atomic mass is 9.59. The highest BCUT2D eigenvalue weighted by molar-refractivity contribution is 6.14. The van der Waals surface area contributed by atoms with Crippen molar-refractivity contribution in [3.05, 3.63) is 23.3 Å². The molecule has 1 aromatic rings. The maximum Gasteiger partial charge on any atom is 0.255 e. The summed E-state index contributed by atoms with van der Waals surface area (Å²) in [5, 5.41) is 27.1. The van der Waals surface area contributed by atoms with Crippen LogP contribution < -0.4 is 10.6 Å². The summed E-state index contributed by atoms with van der Waals surface area (Å²) in [6, 6.07) is 2.79. The molecule has 1 aromatic carbocycles. The highest BCUT2D eigenvalue weighted by atomic mass is 16.3. The molecule has 0 aromatic heterocycles. The minimum atomic E-state index is -0.574. The van der Waals surface area contributed by atoms with E-state index in [1.54, 1.807) is 0 Å².